The molecule has 2 aliphatic heterocycles. The number of carbonyl (C=O) groups excluding carboxylic acids is 1. The fraction of sp³-hybridized carbons (Fsp3) is 0.458. The number of benzene rings is 2. The summed E-state index contributed by atoms with van der Waals surface area (Å²) in [6.07, 6.45) is 6.37. The molecule has 2 saturated heterocycles. The van der Waals surface area contributed by atoms with Gasteiger partial charge in [-0.05, 0) is 61.3 Å². The number of ether oxygens (including phenoxy) is 1. The van der Waals surface area contributed by atoms with Gasteiger partial charge in [0.15, 0.2) is 0 Å². The van der Waals surface area contributed by atoms with E-state index >= 15 is 0 Å². The van der Waals surface area contributed by atoms with Crippen LogP contribution in [-0.4, -0.2) is 24.6 Å². The Hall–Kier alpha value is -1.88. The molecule has 0 aliphatic carbocycles. The maximum absolute atomic E-state index is 12.5. The molecule has 156 valence electrons. The number of halogens is 1. The second kappa shape index (κ2) is 10.8. The molecule has 5 heteroatoms. The molecule has 1 amide bonds. The van der Waals surface area contributed by atoms with E-state index in [4.69, 9.17) is 4.74 Å². The Morgan fingerprint density at radius 1 is 1.00 bits per heavy atom. The lowest BCUT2D eigenvalue weighted by Gasteiger charge is -2.28. The van der Waals surface area contributed by atoms with E-state index in [1.165, 1.54) is 18.4 Å². The van der Waals surface area contributed by atoms with Crippen LogP contribution in [-0.2, 0) is 22.6 Å². The summed E-state index contributed by atoms with van der Waals surface area (Å²) in [5.41, 5.74) is 3.24. The first-order valence-electron chi connectivity index (χ1n) is 10.5. The molecule has 2 aromatic carbocycles. The van der Waals surface area contributed by atoms with Crippen LogP contribution in [0.15, 0.2) is 54.6 Å². The van der Waals surface area contributed by atoms with E-state index in [1.54, 1.807) is 0 Å². The van der Waals surface area contributed by atoms with Gasteiger partial charge >= 0.3 is 0 Å². The lowest BCUT2D eigenvalue weighted by atomic mass is 9.89. The van der Waals surface area contributed by atoms with Crippen molar-refractivity contribution in [2.45, 2.75) is 57.2 Å². The van der Waals surface area contributed by atoms with Crippen molar-refractivity contribution in [3.05, 3.63) is 65.7 Å². The van der Waals surface area contributed by atoms with Crippen LogP contribution in [0.3, 0.4) is 0 Å². The van der Waals surface area contributed by atoms with E-state index in [9.17, 15) is 4.79 Å². The summed E-state index contributed by atoms with van der Waals surface area (Å²) >= 11 is 0. The van der Waals surface area contributed by atoms with Crippen molar-refractivity contribution in [2.24, 2.45) is 5.92 Å². The van der Waals surface area contributed by atoms with Gasteiger partial charge in [0, 0.05) is 24.2 Å². The Balaban J connectivity index is 0.00000240. The lowest BCUT2D eigenvalue weighted by molar-refractivity contribution is -0.117. The Labute approximate surface area is 179 Å². The SMILES string of the molecule is Cl.O=C(CC1CC2CCC(C1)N2)Nc1cccc(COCCc2ccccc2)c1. The van der Waals surface area contributed by atoms with Gasteiger partial charge in [-0.25, -0.2) is 0 Å². The quantitative estimate of drug-likeness (QED) is 0.614. The number of amides is 1. The third-order valence-corrected chi connectivity index (χ3v) is 5.90. The first-order chi connectivity index (χ1) is 13.7. The van der Waals surface area contributed by atoms with Crippen LogP contribution in [0.25, 0.3) is 0 Å². The highest BCUT2D eigenvalue weighted by Crippen LogP contribution is 2.32. The summed E-state index contributed by atoms with van der Waals surface area (Å²) in [5.74, 6) is 0.650. The van der Waals surface area contributed by atoms with E-state index in [0.717, 1.165) is 30.5 Å². The summed E-state index contributed by atoms with van der Waals surface area (Å²) in [4.78, 5) is 12.5. The minimum Gasteiger partial charge on any atom is -0.376 e. The molecule has 2 N–H and O–H groups in total. The number of piperidine rings is 1. The minimum absolute atomic E-state index is 0. The second-order valence-electron chi connectivity index (χ2n) is 8.22. The van der Waals surface area contributed by atoms with Gasteiger partial charge in [0.2, 0.25) is 5.91 Å². The largest absolute Gasteiger partial charge is 0.376 e. The molecule has 2 atom stereocenters. The van der Waals surface area contributed by atoms with E-state index in [2.05, 4.69) is 34.9 Å². The number of nitrogens with one attached hydrogen (secondary N) is 2. The maximum atomic E-state index is 12.5. The first-order valence-corrected chi connectivity index (χ1v) is 10.5. The summed E-state index contributed by atoms with van der Waals surface area (Å²) in [5, 5.41) is 6.72. The topological polar surface area (TPSA) is 50.4 Å². The van der Waals surface area contributed by atoms with Crippen LogP contribution in [0.1, 0.15) is 43.2 Å². The zero-order valence-electron chi connectivity index (χ0n) is 16.8. The molecule has 4 rings (SSSR count). The molecule has 2 bridgehead atoms. The van der Waals surface area contributed by atoms with Crippen molar-refractivity contribution in [2.75, 3.05) is 11.9 Å². The second-order valence-corrected chi connectivity index (χ2v) is 8.22. The molecule has 29 heavy (non-hydrogen) atoms. The van der Waals surface area contributed by atoms with Gasteiger partial charge in [-0.2, -0.15) is 0 Å². The average molecular weight is 415 g/mol. The molecule has 2 unspecified atom stereocenters. The highest BCUT2D eigenvalue weighted by Gasteiger charge is 2.34. The Bertz CT molecular complexity index is 771. The van der Waals surface area contributed by atoms with Crippen LogP contribution in [0.5, 0.6) is 0 Å². The van der Waals surface area contributed by atoms with Crippen molar-refractivity contribution in [3.63, 3.8) is 0 Å². The zero-order valence-corrected chi connectivity index (χ0v) is 17.6. The number of anilines is 1. The number of rotatable bonds is 8. The van der Waals surface area contributed by atoms with Crippen molar-refractivity contribution < 1.29 is 9.53 Å². The van der Waals surface area contributed by atoms with E-state index < -0.39 is 0 Å². The van der Waals surface area contributed by atoms with Gasteiger partial charge in [0.05, 0.1) is 13.2 Å². The van der Waals surface area contributed by atoms with Crippen molar-refractivity contribution in [1.29, 1.82) is 0 Å². The number of hydrogen-bond donors (Lipinski definition) is 2. The zero-order chi connectivity index (χ0) is 19.2. The molecular weight excluding hydrogens is 384 g/mol. The van der Waals surface area contributed by atoms with E-state index in [1.807, 2.05) is 30.3 Å². The highest BCUT2D eigenvalue weighted by molar-refractivity contribution is 5.90. The van der Waals surface area contributed by atoms with Gasteiger partial charge in [-0.3, -0.25) is 4.79 Å². The number of hydrogen-bond acceptors (Lipinski definition) is 3. The third kappa shape index (κ3) is 6.56. The third-order valence-electron chi connectivity index (χ3n) is 5.90. The molecular formula is C24H31ClN2O2. The lowest BCUT2D eigenvalue weighted by Crippen LogP contribution is -2.39. The standard InChI is InChI=1S/C24H30N2O2.ClH/c27-24(16-20-14-22-9-10-23(15-20)25-22)26-21-8-4-7-19(13-21)17-28-12-11-18-5-2-1-3-6-18;/h1-8,13,20,22-23,25H,9-12,14-17H2,(H,26,27);1H. The molecule has 0 spiro atoms. The van der Waals surface area contributed by atoms with Gasteiger partial charge < -0.3 is 15.4 Å². The summed E-state index contributed by atoms with van der Waals surface area (Å²) in [6.45, 7) is 1.26. The first kappa shape index (κ1) is 21.8. The molecule has 0 radical (unpaired) electrons. The Morgan fingerprint density at radius 2 is 1.72 bits per heavy atom. The van der Waals surface area contributed by atoms with Crippen LogP contribution < -0.4 is 10.6 Å². The van der Waals surface area contributed by atoms with E-state index in [-0.39, 0.29) is 18.3 Å². The Kier molecular flexibility index (Phi) is 8.10. The van der Waals surface area contributed by atoms with Crippen molar-refractivity contribution in [3.8, 4) is 0 Å². The minimum atomic E-state index is 0. The maximum Gasteiger partial charge on any atom is 0.224 e. The predicted molar refractivity (Wildman–Crippen MR) is 119 cm³/mol. The average Bonchev–Trinajstić information content (AvgIpc) is 3.04. The Morgan fingerprint density at radius 3 is 2.48 bits per heavy atom. The van der Waals surface area contributed by atoms with Crippen LogP contribution in [0.4, 0.5) is 5.69 Å². The fourth-order valence-corrected chi connectivity index (χ4v) is 4.58. The van der Waals surface area contributed by atoms with Gasteiger partial charge in [-0.1, -0.05) is 42.5 Å². The molecule has 0 aromatic heterocycles. The van der Waals surface area contributed by atoms with Crippen molar-refractivity contribution in [1.82, 2.24) is 5.32 Å². The molecule has 2 fully saturated rings. The molecule has 4 nitrogen and oxygen atoms in total. The number of fused-ring (bicyclic) bond motifs is 2. The van der Waals surface area contributed by atoms with Gasteiger partial charge in [0.25, 0.3) is 0 Å². The number of carbonyl (C=O) groups is 1. The molecule has 2 aromatic rings. The summed E-state index contributed by atoms with van der Waals surface area (Å²) in [6, 6.07) is 19.6. The van der Waals surface area contributed by atoms with E-state index in [0.29, 0.717) is 37.6 Å². The predicted octanol–water partition coefficient (Wildman–Crippen LogP) is 4.73. The smallest absolute Gasteiger partial charge is 0.224 e. The van der Waals surface area contributed by atoms with Crippen LogP contribution >= 0.6 is 12.4 Å². The monoisotopic (exact) mass is 414 g/mol. The summed E-state index contributed by atoms with van der Waals surface area (Å²) in [7, 11) is 0. The van der Waals surface area contributed by atoms with Crippen LogP contribution in [0.2, 0.25) is 0 Å². The van der Waals surface area contributed by atoms with Crippen LogP contribution in [0, 0.1) is 5.92 Å². The summed E-state index contributed by atoms with van der Waals surface area (Å²) < 4.78 is 5.82. The van der Waals surface area contributed by atoms with Gasteiger partial charge in [-0.15, -0.1) is 12.4 Å². The molecule has 2 aliphatic rings. The normalized spacial score (nSPS) is 22.7. The molecule has 2 heterocycles. The molecule has 0 saturated carbocycles. The van der Waals surface area contributed by atoms with Gasteiger partial charge in [0.1, 0.15) is 0 Å². The fourth-order valence-electron chi connectivity index (χ4n) is 4.58. The van der Waals surface area contributed by atoms with Crippen molar-refractivity contribution >= 4 is 24.0 Å². The highest BCUT2D eigenvalue weighted by atomic mass is 35.5.